The minimum absolute atomic E-state index is 0.164. The molecule has 0 aliphatic rings. The molecule has 104 valence electrons. The molecular formula is C13H8BrCl2NO3. The van der Waals surface area contributed by atoms with Crippen molar-refractivity contribution in [2.24, 2.45) is 0 Å². The lowest BCUT2D eigenvalue weighted by atomic mass is 10.2. The van der Waals surface area contributed by atoms with Crippen LogP contribution in [0.4, 0.5) is 5.69 Å². The zero-order valence-electron chi connectivity index (χ0n) is 9.98. The lowest BCUT2D eigenvalue weighted by molar-refractivity contribution is -0.385. The van der Waals surface area contributed by atoms with Gasteiger partial charge < -0.3 is 4.74 Å². The lowest BCUT2D eigenvalue weighted by Gasteiger charge is -2.08. The van der Waals surface area contributed by atoms with Crippen LogP contribution >= 0.6 is 39.1 Å². The van der Waals surface area contributed by atoms with Crippen LogP contribution in [-0.2, 0) is 6.61 Å². The number of benzene rings is 2. The van der Waals surface area contributed by atoms with Crippen molar-refractivity contribution in [1.82, 2.24) is 0 Å². The van der Waals surface area contributed by atoms with E-state index < -0.39 is 4.92 Å². The third-order valence-electron chi connectivity index (χ3n) is 2.52. The number of hydrogen-bond acceptors (Lipinski definition) is 3. The van der Waals surface area contributed by atoms with Crippen molar-refractivity contribution >= 4 is 44.8 Å². The van der Waals surface area contributed by atoms with E-state index in [9.17, 15) is 10.1 Å². The Morgan fingerprint density at radius 2 is 1.80 bits per heavy atom. The smallest absolute Gasteiger partial charge is 0.312 e. The summed E-state index contributed by atoms with van der Waals surface area (Å²) < 4.78 is 6.27. The van der Waals surface area contributed by atoms with Crippen LogP contribution in [-0.4, -0.2) is 4.92 Å². The first-order valence-corrected chi connectivity index (χ1v) is 7.03. The second kappa shape index (κ2) is 6.43. The van der Waals surface area contributed by atoms with Crippen LogP contribution in [0, 0.1) is 10.1 Å². The summed E-state index contributed by atoms with van der Waals surface area (Å²) in [5, 5.41) is 11.8. The number of ether oxygens (including phenoxy) is 1. The predicted octanol–water partition coefficient (Wildman–Crippen LogP) is 5.24. The van der Waals surface area contributed by atoms with Crippen molar-refractivity contribution in [3.05, 3.63) is 66.6 Å². The molecule has 0 aliphatic carbocycles. The van der Waals surface area contributed by atoms with E-state index in [2.05, 4.69) is 15.9 Å². The summed E-state index contributed by atoms with van der Waals surface area (Å²) in [6, 6.07) is 9.52. The number of rotatable bonds is 4. The highest BCUT2D eigenvalue weighted by Gasteiger charge is 2.16. The standard InChI is InChI=1S/C13H8BrCl2NO3/c14-11-5-9(15)2-1-8(11)7-20-13-4-3-10(16)6-12(13)17(18)19/h1-6H,7H2. The maximum atomic E-state index is 10.9. The molecule has 0 radical (unpaired) electrons. The number of hydrogen-bond donors (Lipinski definition) is 0. The summed E-state index contributed by atoms with van der Waals surface area (Å²) in [4.78, 5) is 10.4. The van der Waals surface area contributed by atoms with Gasteiger partial charge in [0, 0.05) is 26.1 Å². The van der Waals surface area contributed by atoms with Crippen LogP contribution in [0.5, 0.6) is 5.75 Å². The van der Waals surface area contributed by atoms with Crippen LogP contribution in [0.1, 0.15) is 5.56 Å². The van der Waals surface area contributed by atoms with Gasteiger partial charge >= 0.3 is 5.69 Å². The van der Waals surface area contributed by atoms with E-state index in [-0.39, 0.29) is 23.1 Å². The van der Waals surface area contributed by atoms with Crippen LogP contribution in [0.15, 0.2) is 40.9 Å². The Hall–Kier alpha value is -1.30. The van der Waals surface area contributed by atoms with Gasteiger partial charge in [0.05, 0.1) is 4.92 Å². The molecule has 0 spiro atoms. The van der Waals surface area contributed by atoms with Gasteiger partial charge in [-0.15, -0.1) is 0 Å². The van der Waals surface area contributed by atoms with Gasteiger partial charge in [0.25, 0.3) is 0 Å². The van der Waals surface area contributed by atoms with E-state index in [1.807, 2.05) is 0 Å². The largest absolute Gasteiger partial charge is 0.482 e. The summed E-state index contributed by atoms with van der Waals surface area (Å²) in [5.41, 5.74) is 0.668. The molecule has 2 aromatic carbocycles. The second-order valence-electron chi connectivity index (χ2n) is 3.89. The summed E-state index contributed by atoms with van der Waals surface area (Å²) in [6.07, 6.45) is 0. The molecule has 0 N–H and O–H groups in total. The van der Waals surface area contributed by atoms with Crippen LogP contribution in [0.3, 0.4) is 0 Å². The summed E-state index contributed by atoms with van der Waals surface area (Å²) in [7, 11) is 0. The van der Waals surface area contributed by atoms with Gasteiger partial charge in [0.1, 0.15) is 6.61 Å². The molecule has 2 aromatic rings. The van der Waals surface area contributed by atoms with Gasteiger partial charge in [-0.05, 0) is 24.3 Å². The molecule has 0 aliphatic heterocycles. The second-order valence-corrected chi connectivity index (χ2v) is 5.62. The van der Waals surface area contributed by atoms with Crippen molar-refractivity contribution in [1.29, 1.82) is 0 Å². The maximum Gasteiger partial charge on any atom is 0.312 e. The maximum absolute atomic E-state index is 10.9. The van der Waals surface area contributed by atoms with E-state index in [1.165, 1.54) is 12.1 Å². The summed E-state index contributed by atoms with van der Waals surface area (Å²) in [5.74, 6) is 0.168. The summed E-state index contributed by atoms with van der Waals surface area (Å²) >= 11 is 14.9. The molecule has 0 bridgehead atoms. The number of nitrogens with zero attached hydrogens (tertiary/aromatic N) is 1. The van der Waals surface area contributed by atoms with Crippen LogP contribution in [0.25, 0.3) is 0 Å². The Balaban J connectivity index is 2.20. The van der Waals surface area contributed by atoms with Gasteiger partial charge in [0.2, 0.25) is 0 Å². The molecule has 4 nitrogen and oxygen atoms in total. The normalized spacial score (nSPS) is 10.3. The highest BCUT2D eigenvalue weighted by molar-refractivity contribution is 9.10. The van der Waals surface area contributed by atoms with E-state index in [0.29, 0.717) is 5.02 Å². The van der Waals surface area contributed by atoms with E-state index >= 15 is 0 Å². The molecule has 0 aromatic heterocycles. The molecule has 0 fully saturated rings. The Morgan fingerprint density at radius 3 is 2.45 bits per heavy atom. The fourth-order valence-corrected chi connectivity index (χ4v) is 2.51. The van der Waals surface area contributed by atoms with Crippen molar-refractivity contribution < 1.29 is 9.66 Å². The highest BCUT2D eigenvalue weighted by atomic mass is 79.9. The van der Waals surface area contributed by atoms with E-state index in [1.54, 1.807) is 24.3 Å². The quantitative estimate of drug-likeness (QED) is 0.541. The van der Waals surface area contributed by atoms with Gasteiger partial charge in [-0.3, -0.25) is 10.1 Å². The third-order valence-corrected chi connectivity index (χ3v) is 3.72. The Kier molecular flexibility index (Phi) is 4.86. The monoisotopic (exact) mass is 375 g/mol. The van der Waals surface area contributed by atoms with Crippen LogP contribution in [0.2, 0.25) is 10.0 Å². The molecule has 2 rings (SSSR count). The lowest BCUT2D eigenvalue weighted by Crippen LogP contribution is -1.99. The Morgan fingerprint density at radius 1 is 1.15 bits per heavy atom. The molecule has 0 amide bonds. The zero-order valence-corrected chi connectivity index (χ0v) is 13.1. The molecule has 7 heteroatoms. The average Bonchev–Trinajstić information content (AvgIpc) is 2.38. The molecule has 0 heterocycles. The Bertz CT molecular complexity index is 664. The highest BCUT2D eigenvalue weighted by Crippen LogP contribution is 2.31. The van der Waals surface area contributed by atoms with Crippen molar-refractivity contribution in [2.75, 3.05) is 0 Å². The molecule has 20 heavy (non-hydrogen) atoms. The fourth-order valence-electron chi connectivity index (χ4n) is 1.55. The number of halogens is 3. The van der Waals surface area contributed by atoms with Crippen molar-refractivity contribution in [2.45, 2.75) is 6.61 Å². The molecular weight excluding hydrogens is 369 g/mol. The number of nitro groups is 1. The topological polar surface area (TPSA) is 52.4 Å². The summed E-state index contributed by atoms with van der Waals surface area (Å²) in [6.45, 7) is 0.181. The predicted molar refractivity (Wildman–Crippen MR) is 81.6 cm³/mol. The van der Waals surface area contributed by atoms with E-state index in [4.69, 9.17) is 27.9 Å². The Labute approximate surface area is 133 Å². The molecule has 0 saturated carbocycles. The van der Waals surface area contributed by atoms with Gasteiger partial charge in [-0.2, -0.15) is 0 Å². The minimum Gasteiger partial charge on any atom is -0.482 e. The average molecular weight is 377 g/mol. The zero-order chi connectivity index (χ0) is 14.7. The minimum atomic E-state index is -0.530. The van der Waals surface area contributed by atoms with Crippen molar-refractivity contribution in [3.63, 3.8) is 0 Å². The fraction of sp³-hybridized carbons (Fsp3) is 0.0769. The van der Waals surface area contributed by atoms with Crippen molar-refractivity contribution in [3.8, 4) is 5.75 Å². The first-order valence-electron chi connectivity index (χ1n) is 5.48. The first kappa shape index (κ1) is 15.1. The number of nitro benzene ring substituents is 1. The third kappa shape index (κ3) is 3.62. The first-order chi connectivity index (χ1) is 9.47. The van der Waals surface area contributed by atoms with Crippen LogP contribution < -0.4 is 4.74 Å². The molecule has 0 unspecified atom stereocenters. The SMILES string of the molecule is O=[N+]([O-])c1cc(Cl)ccc1OCc1ccc(Cl)cc1Br. The van der Waals surface area contributed by atoms with Gasteiger partial charge in [-0.1, -0.05) is 45.2 Å². The van der Waals surface area contributed by atoms with E-state index in [0.717, 1.165) is 10.0 Å². The molecule has 0 atom stereocenters. The molecule has 0 saturated heterocycles. The van der Waals surface area contributed by atoms with Gasteiger partial charge in [-0.25, -0.2) is 0 Å². The van der Waals surface area contributed by atoms with Gasteiger partial charge in [0.15, 0.2) is 5.75 Å².